The molecule has 1 aliphatic rings. The Hall–Kier alpha value is -3.23. The smallest absolute Gasteiger partial charge is 0.255 e. The lowest BCUT2D eigenvalue weighted by atomic mass is 10.1. The van der Waals surface area contributed by atoms with Crippen LogP contribution >= 0.6 is 11.6 Å². The van der Waals surface area contributed by atoms with Crippen molar-refractivity contribution in [3.63, 3.8) is 0 Å². The van der Waals surface area contributed by atoms with Gasteiger partial charge in [0, 0.05) is 37.5 Å². The van der Waals surface area contributed by atoms with Crippen molar-refractivity contribution < 1.29 is 14.3 Å². The van der Waals surface area contributed by atoms with Gasteiger partial charge in [-0.15, -0.1) is 0 Å². The molecular weight excluding hydrogens is 418 g/mol. The number of rotatable bonds is 6. The molecule has 0 fully saturated rings. The normalized spacial score (nSPS) is 12.8. The van der Waals surface area contributed by atoms with Gasteiger partial charge in [0.25, 0.3) is 5.91 Å². The zero-order valence-corrected chi connectivity index (χ0v) is 18.1. The van der Waals surface area contributed by atoms with E-state index in [-0.39, 0.29) is 5.91 Å². The summed E-state index contributed by atoms with van der Waals surface area (Å²) >= 11 is 6.35. The number of nitrogens with zero attached hydrogens (tertiary/aromatic N) is 3. The average Bonchev–Trinajstić information content (AvgIpc) is 3.10. The SMILES string of the molecule is CN1CCOc2cc(C(=O)Nc3ccc(OCCN)c(-c4c(Cl)cnn4C)c3)ccc21. The molecule has 2 aromatic carbocycles. The lowest BCUT2D eigenvalue weighted by Crippen LogP contribution is -2.29. The number of likely N-dealkylation sites (N-methyl/N-ethyl adjacent to an activating group) is 1. The average molecular weight is 442 g/mol. The Labute approximate surface area is 185 Å². The van der Waals surface area contributed by atoms with Crippen molar-refractivity contribution in [2.24, 2.45) is 12.8 Å². The molecule has 0 saturated heterocycles. The second kappa shape index (κ2) is 8.87. The van der Waals surface area contributed by atoms with Gasteiger partial charge in [-0.25, -0.2) is 0 Å². The first-order valence-corrected chi connectivity index (χ1v) is 10.3. The summed E-state index contributed by atoms with van der Waals surface area (Å²) in [6, 6.07) is 10.8. The molecule has 162 valence electrons. The van der Waals surface area contributed by atoms with Crippen LogP contribution in [0, 0.1) is 0 Å². The van der Waals surface area contributed by atoms with E-state index < -0.39 is 0 Å². The van der Waals surface area contributed by atoms with E-state index in [1.807, 2.05) is 19.2 Å². The van der Waals surface area contributed by atoms with E-state index >= 15 is 0 Å². The predicted molar refractivity (Wildman–Crippen MR) is 121 cm³/mol. The van der Waals surface area contributed by atoms with E-state index in [9.17, 15) is 4.79 Å². The molecule has 3 N–H and O–H groups in total. The van der Waals surface area contributed by atoms with Crippen molar-refractivity contribution in [3.05, 3.63) is 53.2 Å². The number of aryl methyl sites for hydroxylation is 1. The van der Waals surface area contributed by atoms with Gasteiger partial charge in [-0.05, 0) is 36.4 Å². The van der Waals surface area contributed by atoms with Gasteiger partial charge in [-0.3, -0.25) is 9.48 Å². The highest BCUT2D eigenvalue weighted by molar-refractivity contribution is 6.33. The number of nitrogens with one attached hydrogen (secondary N) is 1. The minimum atomic E-state index is -0.239. The number of halogens is 1. The molecule has 0 spiro atoms. The quantitative estimate of drug-likeness (QED) is 0.610. The number of hydrogen-bond donors (Lipinski definition) is 2. The summed E-state index contributed by atoms with van der Waals surface area (Å²) < 4.78 is 13.2. The van der Waals surface area contributed by atoms with E-state index in [0.717, 1.165) is 12.2 Å². The Kier molecular flexibility index (Phi) is 6.01. The number of ether oxygens (including phenoxy) is 2. The standard InChI is InChI=1S/C22H24ClN5O3/c1-27-8-10-31-20-11-14(3-5-18(20)27)22(29)26-15-4-6-19(30-9-7-24)16(12-15)21-17(23)13-25-28(21)2/h3-6,11-13H,7-10,24H2,1-2H3,(H,26,29). The van der Waals surface area contributed by atoms with Crippen molar-refractivity contribution in [1.29, 1.82) is 0 Å². The molecule has 0 bridgehead atoms. The van der Waals surface area contributed by atoms with Gasteiger partial charge in [0.15, 0.2) is 0 Å². The molecular formula is C22H24ClN5O3. The maximum atomic E-state index is 12.9. The van der Waals surface area contributed by atoms with E-state index in [0.29, 0.717) is 58.8 Å². The fourth-order valence-electron chi connectivity index (χ4n) is 3.50. The monoisotopic (exact) mass is 441 g/mol. The number of benzene rings is 2. The topological polar surface area (TPSA) is 94.6 Å². The summed E-state index contributed by atoms with van der Waals surface area (Å²) in [6.07, 6.45) is 1.57. The first-order chi connectivity index (χ1) is 15.0. The number of hydrogen-bond acceptors (Lipinski definition) is 6. The molecule has 0 radical (unpaired) electrons. The molecule has 0 unspecified atom stereocenters. The maximum absolute atomic E-state index is 12.9. The molecule has 9 heteroatoms. The summed E-state index contributed by atoms with van der Waals surface area (Å²) in [5.74, 6) is 1.07. The van der Waals surface area contributed by atoms with Crippen LogP contribution in [0.3, 0.4) is 0 Å². The summed E-state index contributed by atoms with van der Waals surface area (Å²) in [7, 11) is 3.80. The summed E-state index contributed by atoms with van der Waals surface area (Å²) in [4.78, 5) is 15.0. The van der Waals surface area contributed by atoms with Crippen LogP contribution in [0.25, 0.3) is 11.3 Å². The molecule has 31 heavy (non-hydrogen) atoms. The number of carbonyl (C=O) groups excluding carboxylic acids is 1. The molecule has 1 aromatic heterocycles. The molecule has 4 rings (SSSR count). The third-order valence-corrected chi connectivity index (χ3v) is 5.36. The number of aromatic nitrogens is 2. The lowest BCUT2D eigenvalue weighted by Gasteiger charge is -2.27. The molecule has 1 aliphatic heterocycles. The molecule has 0 aliphatic carbocycles. The van der Waals surface area contributed by atoms with Gasteiger partial charge in [0.1, 0.15) is 24.7 Å². The number of fused-ring (bicyclic) bond motifs is 1. The second-order valence-corrected chi connectivity index (χ2v) is 7.63. The molecule has 3 aromatic rings. The zero-order chi connectivity index (χ0) is 22.0. The van der Waals surface area contributed by atoms with Crippen molar-refractivity contribution >= 4 is 28.9 Å². The van der Waals surface area contributed by atoms with E-state index in [1.54, 1.807) is 42.2 Å². The Morgan fingerprint density at radius 2 is 2.13 bits per heavy atom. The molecule has 1 amide bonds. The Balaban J connectivity index is 1.63. The van der Waals surface area contributed by atoms with Crippen molar-refractivity contribution in [1.82, 2.24) is 9.78 Å². The minimum Gasteiger partial charge on any atom is -0.492 e. The van der Waals surface area contributed by atoms with Gasteiger partial charge in [-0.2, -0.15) is 5.10 Å². The van der Waals surface area contributed by atoms with Crippen LogP contribution in [0.2, 0.25) is 5.02 Å². The van der Waals surface area contributed by atoms with E-state index in [4.69, 9.17) is 26.8 Å². The van der Waals surface area contributed by atoms with Crippen molar-refractivity contribution in [3.8, 4) is 22.8 Å². The van der Waals surface area contributed by atoms with Gasteiger partial charge in [0.05, 0.1) is 29.1 Å². The molecule has 8 nitrogen and oxygen atoms in total. The molecule has 0 atom stereocenters. The van der Waals surface area contributed by atoms with Crippen LogP contribution in [0.5, 0.6) is 11.5 Å². The third-order valence-electron chi connectivity index (χ3n) is 5.08. The molecule has 2 heterocycles. The van der Waals surface area contributed by atoms with Crippen molar-refractivity contribution in [2.75, 3.05) is 43.6 Å². The largest absolute Gasteiger partial charge is 0.492 e. The second-order valence-electron chi connectivity index (χ2n) is 7.22. The number of anilines is 2. The van der Waals surface area contributed by atoms with E-state index in [2.05, 4.69) is 15.3 Å². The number of carbonyl (C=O) groups is 1. The number of nitrogens with two attached hydrogens (primary N) is 1. The van der Waals surface area contributed by atoms with E-state index in [1.165, 1.54) is 0 Å². The van der Waals surface area contributed by atoms with Gasteiger partial charge in [0.2, 0.25) is 0 Å². The van der Waals surface area contributed by atoms with Gasteiger partial charge in [-0.1, -0.05) is 11.6 Å². The summed E-state index contributed by atoms with van der Waals surface area (Å²) in [5, 5.41) is 7.62. The Morgan fingerprint density at radius 3 is 2.87 bits per heavy atom. The van der Waals surface area contributed by atoms with Crippen LogP contribution in [0.1, 0.15) is 10.4 Å². The summed E-state index contributed by atoms with van der Waals surface area (Å²) in [5.41, 5.74) is 9.07. The van der Waals surface area contributed by atoms with Crippen molar-refractivity contribution in [2.45, 2.75) is 0 Å². The maximum Gasteiger partial charge on any atom is 0.255 e. The highest BCUT2D eigenvalue weighted by Gasteiger charge is 2.19. The fraction of sp³-hybridized carbons (Fsp3) is 0.273. The van der Waals surface area contributed by atoms with Crippen LogP contribution < -0.4 is 25.4 Å². The van der Waals surface area contributed by atoms with Gasteiger partial charge < -0.3 is 25.4 Å². The first kappa shape index (κ1) is 21.0. The van der Waals surface area contributed by atoms with Crippen LogP contribution in [0.15, 0.2) is 42.6 Å². The lowest BCUT2D eigenvalue weighted by molar-refractivity contribution is 0.102. The van der Waals surface area contributed by atoms with Crippen LogP contribution in [-0.4, -0.2) is 49.0 Å². The predicted octanol–water partition coefficient (Wildman–Crippen LogP) is 3.16. The summed E-state index contributed by atoms with van der Waals surface area (Å²) in [6.45, 7) is 2.15. The highest BCUT2D eigenvalue weighted by Crippen LogP contribution is 2.37. The molecule has 0 saturated carbocycles. The fourth-order valence-corrected chi connectivity index (χ4v) is 3.77. The number of amides is 1. The zero-order valence-electron chi connectivity index (χ0n) is 17.4. The highest BCUT2D eigenvalue weighted by atomic mass is 35.5. The minimum absolute atomic E-state index is 0.239. The van der Waals surface area contributed by atoms with Crippen LogP contribution in [0.4, 0.5) is 11.4 Å². The Morgan fingerprint density at radius 1 is 1.29 bits per heavy atom. The Bertz CT molecular complexity index is 1100. The first-order valence-electron chi connectivity index (χ1n) is 9.92. The third kappa shape index (κ3) is 4.30. The van der Waals surface area contributed by atoms with Crippen LogP contribution in [-0.2, 0) is 7.05 Å². The van der Waals surface area contributed by atoms with Gasteiger partial charge >= 0.3 is 0 Å².